The minimum Gasteiger partial charge on any atom is -0.392 e. The molecule has 1 atom stereocenters. The molecule has 106 valence electrons. The highest BCUT2D eigenvalue weighted by Crippen LogP contribution is 2.25. The Kier molecular flexibility index (Phi) is 4.03. The fraction of sp³-hybridized carbons (Fsp3) is 0.231. The average Bonchev–Trinajstić information content (AvgIpc) is 2.44. The monoisotopic (exact) mass is 309 g/mol. The summed E-state index contributed by atoms with van der Waals surface area (Å²) >= 11 is 4.87. The molecule has 2 N–H and O–H groups in total. The van der Waals surface area contributed by atoms with Gasteiger partial charge in [0.1, 0.15) is 0 Å². The third-order valence-electron chi connectivity index (χ3n) is 3.25. The van der Waals surface area contributed by atoms with Crippen LogP contribution in [0.2, 0.25) is 0 Å². The van der Waals surface area contributed by atoms with Crippen molar-refractivity contribution in [1.82, 2.24) is 9.29 Å². The van der Waals surface area contributed by atoms with E-state index < -0.39 is 16.1 Å². The summed E-state index contributed by atoms with van der Waals surface area (Å²) in [6, 6.07) is 6.21. The Morgan fingerprint density at radius 2 is 2.10 bits per heavy atom. The van der Waals surface area contributed by atoms with Gasteiger partial charge in [0.05, 0.1) is 15.9 Å². The van der Waals surface area contributed by atoms with Gasteiger partial charge in [-0.1, -0.05) is 24.4 Å². The zero-order valence-corrected chi connectivity index (χ0v) is 12.8. The minimum atomic E-state index is -3.67. The van der Waals surface area contributed by atoms with Crippen molar-refractivity contribution in [2.75, 3.05) is 7.05 Å². The van der Waals surface area contributed by atoms with Crippen LogP contribution >= 0.6 is 12.2 Å². The van der Waals surface area contributed by atoms with E-state index in [4.69, 9.17) is 18.0 Å². The van der Waals surface area contributed by atoms with Gasteiger partial charge in [0.2, 0.25) is 10.0 Å². The molecule has 0 spiro atoms. The molecular formula is C13H15N3O2S2. The zero-order valence-electron chi connectivity index (χ0n) is 11.1. The summed E-state index contributed by atoms with van der Waals surface area (Å²) in [5, 5.41) is 1.40. The van der Waals surface area contributed by atoms with E-state index >= 15 is 0 Å². The van der Waals surface area contributed by atoms with E-state index in [1.54, 1.807) is 37.5 Å². The average molecular weight is 309 g/mol. The van der Waals surface area contributed by atoms with Crippen LogP contribution in [0.15, 0.2) is 41.6 Å². The van der Waals surface area contributed by atoms with Gasteiger partial charge >= 0.3 is 0 Å². The standard InChI is InChI=1S/C13H15N3O2S2/c1-9(13(14)19)16(2)20(17,18)12-5-3-4-10-8-15-7-6-11(10)12/h3-9H,1-2H3,(H2,14,19). The molecule has 0 aliphatic carbocycles. The molecule has 1 heterocycles. The molecule has 7 heteroatoms. The number of pyridine rings is 1. The molecule has 0 aliphatic heterocycles. The summed E-state index contributed by atoms with van der Waals surface area (Å²) in [6.45, 7) is 1.66. The van der Waals surface area contributed by atoms with Crippen molar-refractivity contribution in [3.8, 4) is 0 Å². The topological polar surface area (TPSA) is 76.3 Å². The molecule has 5 nitrogen and oxygen atoms in total. The van der Waals surface area contributed by atoms with Gasteiger partial charge in [0, 0.05) is 30.2 Å². The Morgan fingerprint density at radius 1 is 1.40 bits per heavy atom. The maximum Gasteiger partial charge on any atom is 0.244 e. The second-order valence-electron chi connectivity index (χ2n) is 4.45. The predicted octanol–water partition coefficient (Wildman–Crippen LogP) is 1.53. The van der Waals surface area contributed by atoms with Crippen molar-refractivity contribution >= 4 is 38.0 Å². The smallest absolute Gasteiger partial charge is 0.244 e. The molecule has 0 aliphatic rings. The molecule has 0 amide bonds. The lowest BCUT2D eigenvalue weighted by Crippen LogP contribution is -2.42. The van der Waals surface area contributed by atoms with Crippen LogP contribution in [0.25, 0.3) is 10.8 Å². The molecule has 20 heavy (non-hydrogen) atoms. The summed E-state index contributed by atoms with van der Waals surface area (Å²) in [7, 11) is -2.20. The lowest BCUT2D eigenvalue weighted by atomic mass is 10.2. The lowest BCUT2D eigenvalue weighted by Gasteiger charge is -2.23. The summed E-state index contributed by atoms with van der Waals surface area (Å²) in [6.07, 6.45) is 3.20. The van der Waals surface area contributed by atoms with Crippen molar-refractivity contribution < 1.29 is 8.42 Å². The van der Waals surface area contributed by atoms with Crippen molar-refractivity contribution in [3.05, 3.63) is 36.7 Å². The number of sulfonamides is 1. The Balaban J connectivity index is 2.61. The SMILES string of the molecule is CC(C(N)=S)N(C)S(=O)(=O)c1cccc2cnccc12. The Bertz CT molecular complexity index is 754. The first kappa shape index (κ1) is 14.8. The van der Waals surface area contributed by atoms with Gasteiger partial charge < -0.3 is 5.73 Å². The summed E-state index contributed by atoms with van der Waals surface area (Å²) in [4.78, 5) is 4.36. The summed E-state index contributed by atoms with van der Waals surface area (Å²) in [5.41, 5.74) is 5.54. The Hall–Kier alpha value is -1.57. The van der Waals surface area contributed by atoms with Crippen molar-refractivity contribution in [2.45, 2.75) is 17.9 Å². The molecular weight excluding hydrogens is 294 g/mol. The maximum atomic E-state index is 12.7. The molecule has 1 unspecified atom stereocenters. The number of likely N-dealkylation sites (N-methyl/N-ethyl adjacent to an activating group) is 1. The van der Waals surface area contributed by atoms with Gasteiger partial charge in [-0.2, -0.15) is 4.31 Å². The molecule has 0 radical (unpaired) electrons. The third-order valence-corrected chi connectivity index (χ3v) is 5.58. The second kappa shape index (κ2) is 5.43. The van der Waals surface area contributed by atoms with Crippen LogP contribution in [0.4, 0.5) is 0 Å². The van der Waals surface area contributed by atoms with Crippen LogP contribution in [0.3, 0.4) is 0 Å². The first-order valence-electron chi connectivity index (χ1n) is 5.96. The summed E-state index contributed by atoms with van der Waals surface area (Å²) in [5.74, 6) is 0. The van der Waals surface area contributed by atoms with Crippen LogP contribution in [-0.4, -0.2) is 35.8 Å². The molecule has 2 aromatic rings. The van der Waals surface area contributed by atoms with Gasteiger partial charge in [0.15, 0.2) is 0 Å². The third kappa shape index (κ3) is 2.52. The first-order chi connectivity index (χ1) is 9.35. The van der Waals surface area contributed by atoms with Gasteiger partial charge in [-0.25, -0.2) is 8.42 Å². The highest BCUT2D eigenvalue weighted by atomic mass is 32.2. The highest BCUT2D eigenvalue weighted by molar-refractivity contribution is 7.89. The van der Waals surface area contributed by atoms with Gasteiger partial charge in [0.25, 0.3) is 0 Å². The molecule has 0 bridgehead atoms. The first-order valence-corrected chi connectivity index (χ1v) is 7.80. The molecule has 2 rings (SSSR count). The van der Waals surface area contributed by atoms with E-state index in [9.17, 15) is 8.42 Å². The molecule has 0 fully saturated rings. The zero-order chi connectivity index (χ0) is 14.9. The van der Waals surface area contributed by atoms with Crippen LogP contribution in [0.5, 0.6) is 0 Å². The van der Waals surface area contributed by atoms with Crippen LogP contribution < -0.4 is 5.73 Å². The predicted molar refractivity (Wildman–Crippen MR) is 82.9 cm³/mol. The number of aromatic nitrogens is 1. The fourth-order valence-electron chi connectivity index (χ4n) is 1.86. The molecule has 0 saturated carbocycles. The maximum absolute atomic E-state index is 12.7. The molecule has 1 aromatic heterocycles. The fourth-order valence-corrected chi connectivity index (χ4v) is 3.64. The highest BCUT2D eigenvalue weighted by Gasteiger charge is 2.28. The normalized spacial score (nSPS) is 13.6. The number of benzene rings is 1. The van der Waals surface area contributed by atoms with Crippen molar-refractivity contribution in [3.63, 3.8) is 0 Å². The Morgan fingerprint density at radius 3 is 2.75 bits per heavy atom. The van der Waals surface area contributed by atoms with Crippen LogP contribution in [-0.2, 0) is 10.0 Å². The van der Waals surface area contributed by atoms with Gasteiger partial charge in [-0.15, -0.1) is 0 Å². The second-order valence-corrected chi connectivity index (χ2v) is 6.89. The largest absolute Gasteiger partial charge is 0.392 e. The van der Waals surface area contributed by atoms with E-state index in [2.05, 4.69) is 4.98 Å². The van der Waals surface area contributed by atoms with E-state index in [1.807, 2.05) is 6.07 Å². The number of fused-ring (bicyclic) bond motifs is 1. The minimum absolute atomic E-state index is 0.137. The molecule has 0 saturated heterocycles. The van der Waals surface area contributed by atoms with Crippen molar-refractivity contribution in [2.24, 2.45) is 5.73 Å². The summed E-state index contributed by atoms with van der Waals surface area (Å²) < 4.78 is 26.5. The van der Waals surface area contributed by atoms with Gasteiger partial charge in [-0.05, 0) is 19.1 Å². The number of nitrogens with two attached hydrogens (primary N) is 1. The Labute approximate surface area is 123 Å². The number of nitrogens with zero attached hydrogens (tertiary/aromatic N) is 2. The molecule has 1 aromatic carbocycles. The number of rotatable bonds is 4. The number of hydrogen-bond acceptors (Lipinski definition) is 4. The van der Waals surface area contributed by atoms with E-state index in [1.165, 1.54) is 11.4 Å². The van der Waals surface area contributed by atoms with E-state index in [-0.39, 0.29) is 9.88 Å². The number of thiocarbonyl (C=S) groups is 1. The van der Waals surface area contributed by atoms with Crippen molar-refractivity contribution in [1.29, 1.82) is 0 Å². The van der Waals surface area contributed by atoms with E-state index in [0.717, 1.165) is 5.39 Å². The lowest BCUT2D eigenvalue weighted by molar-refractivity contribution is 0.452. The number of hydrogen-bond donors (Lipinski definition) is 1. The van der Waals surface area contributed by atoms with Crippen LogP contribution in [0, 0.1) is 0 Å². The van der Waals surface area contributed by atoms with Crippen LogP contribution in [0.1, 0.15) is 6.92 Å². The van der Waals surface area contributed by atoms with E-state index in [0.29, 0.717) is 5.39 Å². The van der Waals surface area contributed by atoms with Gasteiger partial charge in [-0.3, -0.25) is 4.98 Å². The quantitative estimate of drug-likeness (QED) is 0.867.